The molecule has 1 aromatic heterocycles. The summed E-state index contributed by atoms with van der Waals surface area (Å²) in [5, 5.41) is 3.21. The number of carbonyl (C=O) groups excluding carboxylic acids is 2. The quantitative estimate of drug-likeness (QED) is 0.832. The number of ether oxygens (including phenoxy) is 1. The molecule has 1 amide bonds. The van der Waals surface area contributed by atoms with Crippen molar-refractivity contribution in [2.75, 3.05) is 12.4 Å². The van der Waals surface area contributed by atoms with Gasteiger partial charge in [-0.05, 0) is 18.2 Å². The van der Waals surface area contributed by atoms with Crippen LogP contribution in [0.4, 0.5) is 5.13 Å². The number of methoxy groups -OCH3 is 1. The van der Waals surface area contributed by atoms with Crippen LogP contribution in [0.2, 0.25) is 5.02 Å². The topological polar surface area (TPSA) is 68.3 Å². The summed E-state index contributed by atoms with van der Waals surface area (Å²) in [7, 11) is 1.28. The van der Waals surface area contributed by atoms with Gasteiger partial charge >= 0.3 is 5.97 Å². The highest BCUT2D eigenvalue weighted by molar-refractivity contribution is 9.10. The van der Waals surface area contributed by atoms with Gasteiger partial charge in [-0.2, -0.15) is 0 Å². The van der Waals surface area contributed by atoms with Crippen LogP contribution >= 0.6 is 38.9 Å². The fourth-order valence-corrected chi connectivity index (χ4v) is 2.66. The molecule has 0 saturated carbocycles. The molecule has 0 atom stereocenters. The maximum atomic E-state index is 12.1. The van der Waals surface area contributed by atoms with Crippen LogP contribution in [0.3, 0.4) is 0 Å². The highest BCUT2D eigenvalue weighted by Gasteiger charge is 2.15. The molecule has 20 heavy (non-hydrogen) atoms. The number of anilines is 1. The van der Waals surface area contributed by atoms with Crippen molar-refractivity contribution >= 4 is 55.9 Å². The van der Waals surface area contributed by atoms with Crippen molar-refractivity contribution in [3.8, 4) is 0 Å². The van der Waals surface area contributed by atoms with Crippen molar-refractivity contribution < 1.29 is 14.3 Å². The van der Waals surface area contributed by atoms with Crippen LogP contribution in [0.25, 0.3) is 0 Å². The molecule has 0 radical (unpaired) electrons. The van der Waals surface area contributed by atoms with E-state index in [1.54, 1.807) is 18.2 Å². The molecule has 0 fully saturated rings. The van der Waals surface area contributed by atoms with Crippen LogP contribution < -0.4 is 5.32 Å². The van der Waals surface area contributed by atoms with Crippen LogP contribution in [0.15, 0.2) is 28.9 Å². The van der Waals surface area contributed by atoms with Crippen molar-refractivity contribution in [2.45, 2.75) is 0 Å². The molecule has 0 aliphatic heterocycles. The first-order chi connectivity index (χ1) is 9.51. The number of esters is 1. The lowest BCUT2D eigenvalue weighted by molar-refractivity contribution is 0.0606. The first-order valence-corrected chi connectivity index (χ1v) is 7.30. The zero-order chi connectivity index (χ0) is 14.7. The average Bonchev–Trinajstić information content (AvgIpc) is 2.89. The Labute approximate surface area is 132 Å². The van der Waals surface area contributed by atoms with Gasteiger partial charge in [-0.3, -0.25) is 10.1 Å². The lowest BCUT2D eigenvalue weighted by Crippen LogP contribution is -2.12. The van der Waals surface area contributed by atoms with Gasteiger partial charge in [0.15, 0.2) is 5.13 Å². The average molecular weight is 376 g/mol. The Hall–Kier alpha value is -1.44. The van der Waals surface area contributed by atoms with Gasteiger partial charge in [-0.25, -0.2) is 9.78 Å². The minimum atomic E-state index is -0.497. The molecule has 1 aromatic carbocycles. The van der Waals surface area contributed by atoms with E-state index in [0.29, 0.717) is 20.6 Å². The lowest BCUT2D eigenvalue weighted by atomic mass is 10.2. The number of nitrogens with zero attached hydrogens (tertiary/aromatic N) is 1. The molecule has 1 N–H and O–H groups in total. The van der Waals surface area contributed by atoms with E-state index in [-0.39, 0.29) is 0 Å². The zero-order valence-corrected chi connectivity index (χ0v) is 13.3. The summed E-state index contributed by atoms with van der Waals surface area (Å²) < 4.78 is 5.30. The molecule has 8 heteroatoms. The monoisotopic (exact) mass is 374 g/mol. The Morgan fingerprint density at radius 1 is 1.45 bits per heavy atom. The molecule has 0 aliphatic carbocycles. The van der Waals surface area contributed by atoms with Gasteiger partial charge in [-0.1, -0.05) is 38.9 Å². The van der Waals surface area contributed by atoms with Gasteiger partial charge in [0.2, 0.25) is 0 Å². The number of carbonyl (C=O) groups is 2. The number of aromatic nitrogens is 1. The minimum Gasteiger partial charge on any atom is -0.465 e. The van der Waals surface area contributed by atoms with E-state index >= 15 is 0 Å². The fraction of sp³-hybridized carbons (Fsp3) is 0.0833. The maximum absolute atomic E-state index is 12.1. The molecule has 1 heterocycles. The molecule has 0 unspecified atom stereocenters. The molecule has 2 aromatic rings. The number of hydrogen-bond acceptors (Lipinski definition) is 5. The number of halogens is 2. The summed E-state index contributed by atoms with van der Waals surface area (Å²) >= 11 is 10.3. The second-order valence-electron chi connectivity index (χ2n) is 3.60. The van der Waals surface area contributed by atoms with Crippen LogP contribution in [0.5, 0.6) is 0 Å². The predicted molar refractivity (Wildman–Crippen MR) is 80.6 cm³/mol. The van der Waals surface area contributed by atoms with Crippen LogP contribution in [0, 0.1) is 0 Å². The van der Waals surface area contributed by atoms with Crippen LogP contribution in [-0.2, 0) is 4.74 Å². The molecule has 0 bridgehead atoms. The maximum Gasteiger partial charge on any atom is 0.349 e. The number of benzene rings is 1. The second kappa shape index (κ2) is 6.34. The third-order valence-corrected chi connectivity index (χ3v) is 4.00. The van der Waals surface area contributed by atoms with E-state index in [1.807, 2.05) is 0 Å². The molecular weight excluding hydrogens is 368 g/mol. The van der Waals surface area contributed by atoms with Crippen molar-refractivity contribution in [1.82, 2.24) is 4.98 Å². The smallest absolute Gasteiger partial charge is 0.349 e. The van der Waals surface area contributed by atoms with Gasteiger partial charge in [0.1, 0.15) is 4.88 Å². The number of nitrogens with one attached hydrogen (secondary N) is 1. The van der Waals surface area contributed by atoms with E-state index in [0.717, 1.165) is 15.8 Å². The third kappa shape index (κ3) is 3.36. The standard InChI is InChI=1S/C12H8BrClN2O3S/c1-19-11(18)9-5-15-12(20-9)16-10(17)7-4-6(13)2-3-8(7)14/h2-5H,1H3,(H,15,16,17). The molecule has 0 aliphatic rings. The summed E-state index contributed by atoms with van der Waals surface area (Å²) in [4.78, 5) is 27.6. The van der Waals surface area contributed by atoms with E-state index in [4.69, 9.17) is 11.6 Å². The predicted octanol–water partition coefficient (Wildman–Crippen LogP) is 3.60. The Balaban J connectivity index is 2.17. The summed E-state index contributed by atoms with van der Waals surface area (Å²) in [6.45, 7) is 0. The third-order valence-electron chi connectivity index (χ3n) is 2.29. The van der Waals surface area contributed by atoms with Crippen molar-refractivity contribution in [3.05, 3.63) is 44.3 Å². The Morgan fingerprint density at radius 2 is 2.20 bits per heavy atom. The minimum absolute atomic E-state index is 0.298. The fourth-order valence-electron chi connectivity index (χ4n) is 1.36. The summed E-state index contributed by atoms with van der Waals surface area (Å²) in [5.74, 6) is -0.898. The van der Waals surface area contributed by atoms with E-state index in [1.165, 1.54) is 13.3 Å². The highest BCUT2D eigenvalue weighted by Crippen LogP contribution is 2.24. The number of rotatable bonds is 3. The van der Waals surface area contributed by atoms with E-state index in [9.17, 15) is 9.59 Å². The number of thiazole rings is 1. The molecule has 5 nitrogen and oxygen atoms in total. The summed E-state index contributed by atoms with van der Waals surface area (Å²) in [5.41, 5.74) is 0.316. The lowest BCUT2D eigenvalue weighted by Gasteiger charge is -2.04. The zero-order valence-electron chi connectivity index (χ0n) is 10.1. The van der Waals surface area contributed by atoms with Crippen molar-refractivity contribution in [3.63, 3.8) is 0 Å². The Morgan fingerprint density at radius 3 is 2.90 bits per heavy atom. The van der Waals surface area contributed by atoms with E-state index < -0.39 is 11.9 Å². The summed E-state index contributed by atoms with van der Waals surface area (Å²) in [6.07, 6.45) is 1.34. The second-order valence-corrected chi connectivity index (χ2v) is 5.95. The van der Waals surface area contributed by atoms with Gasteiger partial charge in [-0.15, -0.1) is 0 Å². The number of hydrogen-bond donors (Lipinski definition) is 1. The van der Waals surface area contributed by atoms with Gasteiger partial charge in [0.05, 0.1) is 23.9 Å². The van der Waals surface area contributed by atoms with Crippen molar-refractivity contribution in [2.24, 2.45) is 0 Å². The van der Waals surface area contributed by atoms with Crippen LogP contribution in [-0.4, -0.2) is 24.0 Å². The highest BCUT2D eigenvalue weighted by atomic mass is 79.9. The van der Waals surface area contributed by atoms with E-state index in [2.05, 4.69) is 31.0 Å². The van der Waals surface area contributed by atoms with Gasteiger partial charge < -0.3 is 4.74 Å². The SMILES string of the molecule is COC(=O)c1cnc(NC(=O)c2cc(Br)ccc2Cl)s1. The first kappa shape index (κ1) is 15.0. The molecular formula is C12H8BrClN2O3S. The first-order valence-electron chi connectivity index (χ1n) is 5.32. The molecule has 0 spiro atoms. The Bertz CT molecular complexity index is 674. The molecule has 0 saturated heterocycles. The summed E-state index contributed by atoms with van der Waals surface area (Å²) in [6, 6.07) is 4.95. The normalized spacial score (nSPS) is 10.2. The molecule has 104 valence electrons. The molecule has 2 rings (SSSR count). The largest absolute Gasteiger partial charge is 0.465 e. The van der Waals surface area contributed by atoms with Crippen molar-refractivity contribution in [1.29, 1.82) is 0 Å². The number of amides is 1. The Kier molecular flexibility index (Phi) is 4.74. The van der Waals surface area contributed by atoms with Gasteiger partial charge in [0, 0.05) is 4.47 Å². The van der Waals surface area contributed by atoms with Crippen LogP contribution in [0.1, 0.15) is 20.0 Å². The van der Waals surface area contributed by atoms with Gasteiger partial charge in [0.25, 0.3) is 5.91 Å².